The number of rotatable bonds is 8. The van der Waals surface area contributed by atoms with Crippen LogP contribution in [-0.4, -0.2) is 38.2 Å². The molecule has 0 atom stereocenters. The Morgan fingerprint density at radius 1 is 0.840 bits per heavy atom. The first-order chi connectivity index (χ1) is 11.1. The summed E-state index contributed by atoms with van der Waals surface area (Å²) in [6, 6.07) is 0.585. The van der Waals surface area contributed by atoms with Crippen LogP contribution in [0.5, 0.6) is 0 Å². The van der Waals surface area contributed by atoms with Gasteiger partial charge in [0.05, 0.1) is 23.4 Å². The van der Waals surface area contributed by atoms with Crippen molar-refractivity contribution in [1.82, 2.24) is 0 Å². The zero-order chi connectivity index (χ0) is 19.9. The van der Waals surface area contributed by atoms with E-state index >= 15 is 0 Å². The average Bonchev–Trinajstić information content (AvgIpc) is 2.28. The van der Waals surface area contributed by atoms with Crippen LogP contribution in [0.3, 0.4) is 0 Å². The van der Waals surface area contributed by atoms with E-state index in [4.69, 9.17) is 18.0 Å². The van der Waals surface area contributed by atoms with Gasteiger partial charge in [0.1, 0.15) is 0 Å². The molecule has 0 rings (SSSR count). The Labute approximate surface area is 155 Å². The van der Waals surface area contributed by atoms with Crippen molar-refractivity contribution >= 4 is 14.8 Å². The molecule has 0 heterocycles. The molecule has 0 saturated heterocycles. The van der Waals surface area contributed by atoms with Gasteiger partial charge in [-0.3, -0.25) is 0 Å². The lowest BCUT2D eigenvalue weighted by atomic mass is 10.2. The molecule has 0 saturated carbocycles. The van der Waals surface area contributed by atoms with Crippen LogP contribution < -0.4 is 0 Å². The van der Waals surface area contributed by atoms with Gasteiger partial charge in [-0.15, -0.1) is 0 Å². The number of hydrogen-bond acceptors (Lipinski definition) is 5. The number of esters is 1. The lowest BCUT2D eigenvalue weighted by Gasteiger charge is -2.43. The van der Waals surface area contributed by atoms with E-state index in [1.165, 1.54) is 6.08 Å². The molecule has 0 unspecified atom stereocenters. The molecule has 0 aromatic heterocycles. The normalized spacial score (nSPS) is 14.2. The van der Waals surface area contributed by atoms with Crippen molar-refractivity contribution in [1.29, 1.82) is 0 Å². The third-order valence-electron chi connectivity index (χ3n) is 2.56. The molecule has 0 N–H and O–H groups in total. The van der Waals surface area contributed by atoms with Crippen LogP contribution in [-0.2, 0) is 22.8 Å². The lowest BCUT2D eigenvalue weighted by molar-refractivity contribution is -0.138. The minimum Gasteiger partial charge on any atom is -0.463 e. The third-order valence-corrected chi connectivity index (χ3v) is 6.30. The molecule has 148 valence electrons. The van der Waals surface area contributed by atoms with Gasteiger partial charge in [-0.2, -0.15) is 0 Å². The fourth-order valence-corrected chi connectivity index (χ4v) is 6.07. The van der Waals surface area contributed by atoms with Gasteiger partial charge in [-0.25, -0.2) is 4.79 Å². The molecule has 0 aliphatic carbocycles. The molecule has 5 nitrogen and oxygen atoms in total. The summed E-state index contributed by atoms with van der Waals surface area (Å²) in [4.78, 5) is 11.5. The maximum absolute atomic E-state index is 11.5. The number of carbonyl (C=O) groups excluding carboxylic acids is 1. The van der Waals surface area contributed by atoms with E-state index in [-0.39, 0.29) is 5.97 Å². The Kier molecular flexibility index (Phi) is 9.05. The van der Waals surface area contributed by atoms with Gasteiger partial charge in [0.2, 0.25) is 0 Å². The van der Waals surface area contributed by atoms with Gasteiger partial charge in [0.15, 0.2) is 0 Å². The zero-order valence-electron chi connectivity index (χ0n) is 17.8. The molecule has 0 aromatic rings. The predicted molar refractivity (Wildman–Crippen MR) is 103 cm³/mol. The van der Waals surface area contributed by atoms with Crippen molar-refractivity contribution in [3.63, 3.8) is 0 Å². The van der Waals surface area contributed by atoms with Gasteiger partial charge in [0, 0.05) is 12.1 Å². The van der Waals surface area contributed by atoms with Crippen LogP contribution in [0.1, 0.15) is 75.7 Å². The Morgan fingerprint density at radius 2 is 1.24 bits per heavy atom. The molecule has 0 bridgehead atoms. The molecule has 6 heteroatoms. The minimum atomic E-state index is -3.00. The van der Waals surface area contributed by atoms with Crippen molar-refractivity contribution < 1.29 is 22.8 Å². The largest absolute Gasteiger partial charge is 0.502 e. The van der Waals surface area contributed by atoms with Crippen molar-refractivity contribution in [2.75, 3.05) is 6.61 Å². The lowest BCUT2D eigenvalue weighted by Crippen LogP contribution is -2.57. The summed E-state index contributed by atoms with van der Waals surface area (Å²) in [5.74, 6) is -0.333. The maximum atomic E-state index is 11.5. The van der Waals surface area contributed by atoms with Gasteiger partial charge in [-0.05, 0) is 75.7 Å². The number of carbonyl (C=O) groups is 1. The van der Waals surface area contributed by atoms with Crippen LogP contribution in [0, 0.1) is 0 Å². The van der Waals surface area contributed by atoms with Crippen LogP contribution >= 0.6 is 0 Å². The fraction of sp³-hybridized carbons (Fsp3) is 0.842. The highest BCUT2D eigenvalue weighted by Crippen LogP contribution is 2.32. The van der Waals surface area contributed by atoms with Crippen LogP contribution in [0.25, 0.3) is 0 Å². The third kappa shape index (κ3) is 13.2. The maximum Gasteiger partial charge on any atom is 0.502 e. The highest BCUT2D eigenvalue weighted by Gasteiger charge is 2.49. The van der Waals surface area contributed by atoms with Crippen molar-refractivity contribution in [2.45, 2.75) is 98.5 Å². The first-order valence-corrected chi connectivity index (χ1v) is 10.9. The van der Waals surface area contributed by atoms with Crippen LogP contribution in [0.4, 0.5) is 0 Å². The quantitative estimate of drug-likeness (QED) is 0.262. The van der Waals surface area contributed by atoms with Crippen molar-refractivity contribution in [3.05, 3.63) is 12.2 Å². The highest BCUT2D eigenvalue weighted by atomic mass is 28.4. The number of ether oxygens (including phenoxy) is 1. The monoisotopic (exact) mass is 374 g/mol. The van der Waals surface area contributed by atoms with Crippen LogP contribution in [0.2, 0.25) is 6.04 Å². The van der Waals surface area contributed by atoms with Gasteiger partial charge < -0.3 is 18.0 Å². The summed E-state index contributed by atoms with van der Waals surface area (Å²) in [5.41, 5.74) is -1.20. The fourth-order valence-electron chi connectivity index (χ4n) is 2.26. The van der Waals surface area contributed by atoms with Gasteiger partial charge in [0.25, 0.3) is 0 Å². The van der Waals surface area contributed by atoms with Gasteiger partial charge >= 0.3 is 14.8 Å². The second-order valence-electron chi connectivity index (χ2n) is 9.10. The Hall–Kier alpha value is -0.693. The Balaban J connectivity index is 5.26. The first-order valence-electron chi connectivity index (χ1n) is 8.97. The Morgan fingerprint density at radius 3 is 1.56 bits per heavy atom. The molecule has 0 aliphatic rings. The highest BCUT2D eigenvalue weighted by molar-refractivity contribution is 6.61. The summed E-state index contributed by atoms with van der Waals surface area (Å²) in [6.07, 6.45) is 3.70. The van der Waals surface area contributed by atoms with E-state index in [2.05, 4.69) is 0 Å². The smallest absolute Gasteiger partial charge is 0.463 e. The van der Waals surface area contributed by atoms with Crippen molar-refractivity contribution in [2.24, 2.45) is 0 Å². The molecule has 0 aromatic carbocycles. The number of allylic oxidation sites excluding steroid dienone is 1. The van der Waals surface area contributed by atoms with E-state index in [0.717, 1.165) is 0 Å². The van der Waals surface area contributed by atoms with E-state index in [1.807, 2.05) is 62.3 Å². The molecular formula is C19H38O5Si. The van der Waals surface area contributed by atoms with Gasteiger partial charge in [-0.1, -0.05) is 6.08 Å². The minimum absolute atomic E-state index is 0.312. The van der Waals surface area contributed by atoms with E-state index < -0.39 is 25.6 Å². The molecule has 0 amide bonds. The second-order valence-corrected chi connectivity index (χ2v) is 11.6. The molecule has 0 aliphatic heterocycles. The number of hydrogen-bond donors (Lipinski definition) is 0. The molecular weight excluding hydrogens is 336 g/mol. The standard InChI is InChI=1S/C19H38O5Si/c1-11-13-16(20)21-14-12-15-25(22-17(2,3)4,23-18(5,6)7)24-19(8,9)10/h11,13H,12,14-15H2,1-10H3. The molecule has 0 radical (unpaired) electrons. The van der Waals surface area contributed by atoms with Crippen LogP contribution in [0.15, 0.2) is 12.2 Å². The molecule has 0 fully saturated rings. The summed E-state index contributed by atoms with van der Waals surface area (Å²) < 4.78 is 24.3. The predicted octanol–water partition coefficient (Wildman–Crippen LogP) is 4.88. The SMILES string of the molecule is CC=CC(=O)OCCC[Si](OC(C)(C)C)(OC(C)(C)C)OC(C)(C)C. The second kappa shape index (κ2) is 9.30. The summed E-state index contributed by atoms with van der Waals surface area (Å²) in [6.45, 7) is 20.1. The topological polar surface area (TPSA) is 54.0 Å². The molecule has 0 spiro atoms. The first kappa shape index (κ1) is 24.3. The zero-order valence-corrected chi connectivity index (χ0v) is 18.8. The van der Waals surface area contributed by atoms with E-state index in [0.29, 0.717) is 19.1 Å². The summed E-state index contributed by atoms with van der Waals surface area (Å²) in [5, 5.41) is 0. The van der Waals surface area contributed by atoms with Crippen molar-refractivity contribution in [3.8, 4) is 0 Å². The summed E-state index contributed by atoms with van der Waals surface area (Å²) in [7, 11) is -3.00. The Bertz CT molecular complexity index is 397. The van der Waals surface area contributed by atoms with E-state index in [1.54, 1.807) is 13.0 Å². The average molecular weight is 375 g/mol. The van der Waals surface area contributed by atoms with E-state index in [9.17, 15) is 4.79 Å². The summed E-state index contributed by atoms with van der Waals surface area (Å²) >= 11 is 0. The molecule has 25 heavy (non-hydrogen) atoms.